The van der Waals surface area contributed by atoms with E-state index in [4.69, 9.17) is 26.2 Å². The van der Waals surface area contributed by atoms with Crippen LogP contribution in [0.1, 0.15) is 10.4 Å². The smallest absolute Gasteiger partial charge is 0.255 e. The SMILES string of the molecule is COc1cc(Cl)ccc1C(=O)NCCOCCO. The van der Waals surface area contributed by atoms with Gasteiger partial charge < -0.3 is 19.9 Å². The highest BCUT2D eigenvalue weighted by Gasteiger charge is 2.11. The van der Waals surface area contributed by atoms with Crippen LogP contribution in [0.2, 0.25) is 5.02 Å². The van der Waals surface area contributed by atoms with Crippen LogP contribution in [0.15, 0.2) is 18.2 Å². The molecule has 1 aromatic carbocycles. The number of nitrogens with one attached hydrogen (secondary N) is 1. The van der Waals surface area contributed by atoms with Gasteiger partial charge in [0.15, 0.2) is 0 Å². The minimum Gasteiger partial charge on any atom is -0.496 e. The Morgan fingerprint density at radius 2 is 2.22 bits per heavy atom. The van der Waals surface area contributed by atoms with Crippen LogP contribution in [-0.4, -0.2) is 44.5 Å². The highest BCUT2D eigenvalue weighted by molar-refractivity contribution is 6.30. The number of hydrogen-bond donors (Lipinski definition) is 2. The monoisotopic (exact) mass is 273 g/mol. The van der Waals surface area contributed by atoms with Gasteiger partial charge in [-0.1, -0.05) is 11.6 Å². The fraction of sp³-hybridized carbons (Fsp3) is 0.417. The summed E-state index contributed by atoms with van der Waals surface area (Å²) in [5.41, 5.74) is 0.420. The summed E-state index contributed by atoms with van der Waals surface area (Å²) >= 11 is 5.81. The predicted octanol–water partition coefficient (Wildman–Crippen LogP) is 1.09. The van der Waals surface area contributed by atoms with Crippen LogP contribution in [-0.2, 0) is 4.74 Å². The number of amides is 1. The number of ether oxygens (including phenoxy) is 2. The summed E-state index contributed by atoms with van der Waals surface area (Å²) in [5, 5.41) is 11.7. The molecule has 2 N–H and O–H groups in total. The molecule has 100 valence electrons. The lowest BCUT2D eigenvalue weighted by Crippen LogP contribution is -2.27. The first-order chi connectivity index (χ1) is 8.69. The first-order valence-electron chi connectivity index (χ1n) is 5.49. The van der Waals surface area contributed by atoms with E-state index < -0.39 is 0 Å². The van der Waals surface area contributed by atoms with Crippen molar-refractivity contribution < 1.29 is 19.4 Å². The molecule has 0 atom stereocenters. The normalized spacial score (nSPS) is 10.2. The van der Waals surface area contributed by atoms with Crippen molar-refractivity contribution in [1.82, 2.24) is 5.32 Å². The molecule has 0 fully saturated rings. The second kappa shape index (κ2) is 7.92. The van der Waals surface area contributed by atoms with E-state index in [0.29, 0.717) is 29.5 Å². The number of halogens is 1. The molecule has 0 aliphatic heterocycles. The molecule has 6 heteroatoms. The number of carbonyl (C=O) groups excluding carboxylic acids is 1. The van der Waals surface area contributed by atoms with E-state index in [1.807, 2.05) is 0 Å². The number of methoxy groups -OCH3 is 1. The van der Waals surface area contributed by atoms with Crippen LogP contribution < -0.4 is 10.1 Å². The standard InChI is InChI=1S/C12H16ClNO4/c1-17-11-8-9(13)2-3-10(11)12(16)14-4-6-18-7-5-15/h2-3,8,15H,4-7H2,1H3,(H,14,16). The largest absolute Gasteiger partial charge is 0.496 e. The molecule has 0 saturated carbocycles. The van der Waals surface area contributed by atoms with Gasteiger partial charge in [0.25, 0.3) is 5.91 Å². The Morgan fingerprint density at radius 3 is 2.89 bits per heavy atom. The molecular formula is C12H16ClNO4. The maximum Gasteiger partial charge on any atom is 0.255 e. The summed E-state index contributed by atoms with van der Waals surface area (Å²) < 4.78 is 10.1. The quantitative estimate of drug-likeness (QED) is 0.730. The van der Waals surface area contributed by atoms with Crippen molar-refractivity contribution in [3.63, 3.8) is 0 Å². The highest BCUT2D eigenvalue weighted by Crippen LogP contribution is 2.22. The summed E-state index contributed by atoms with van der Waals surface area (Å²) in [7, 11) is 1.48. The molecule has 0 saturated heterocycles. The van der Waals surface area contributed by atoms with Crippen LogP contribution in [0.3, 0.4) is 0 Å². The lowest BCUT2D eigenvalue weighted by atomic mass is 10.2. The first-order valence-corrected chi connectivity index (χ1v) is 5.87. The van der Waals surface area contributed by atoms with E-state index in [-0.39, 0.29) is 19.1 Å². The summed E-state index contributed by atoms with van der Waals surface area (Å²) in [6, 6.07) is 4.81. The van der Waals surface area contributed by atoms with Gasteiger partial charge in [-0.25, -0.2) is 0 Å². The Bertz CT molecular complexity index is 398. The van der Waals surface area contributed by atoms with Gasteiger partial charge in [-0.15, -0.1) is 0 Å². The van der Waals surface area contributed by atoms with Crippen LogP contribution in [0.5, 0.6) is 5.75 Å². The Hall–Kier alpha value is -1.30. The van der Waals surface area contributed by atoms with Gasteiger partial charge in [-0.05, 0) is 18.2 Å². The van der Waals surface area contributed by atoms with E-state index in [1.165, 1.54) is 7.11 Å². The lowest BCUT2D eigenvalue weighted by molar-refractivity contribution is 0.0836. The van der Waals surface area contributed by atoms with E-state index >= 15 is 0 Å². The topological polar surface area (TPSA) is 67.8 Å². The highest BCUT2D eigenvalue weighted by atomic mass is 35.5. The van der Waals surface area contributed by atoms with Gasteiger partial charge in [0.1, 0.15) is 5.75 Å². The van der Waals surface area contributed by atoms with Crippen molar-refractivity contribution in [2.24, 2.45) is 0 Å². The molecule has 0 unspecified atom stereocenters. The van der Waals surface area contributed by atoms with Crippen molar-refractivity contribution >= 4 is 17.5 Å². The lowest BCUT2D eigenvalue weighted by Gasteiger charge is -2.09. The third kappa shape index (κ3) is 4.52. The molecule has 0 spiro atoms. The molecule has 1 amide bonds. The molecule has 0 aliphatic rings. The number of benzene rings is 1. The second-order valence-electron chi connectivity index (χ2n) is 3.44. The van der Waals surface area contributed by atoms with Crippen molar-refractivity contribution in [2.75, 3.05) is 33.5 Å². The molecule has 0 bridgehead atoms. The third-order valence-corrected chi connectivity index (χ3v) is 2.41. The third-order valence-electron chi connectivity index (χ3n) is 2.18. The zero-order chi connectivity index (χ0) is 13.4. The van der Waals surface area contributed by atoms with Crippen LogP contribution in [0, 0.1) is 0 Å². The minimum atomic E-state index is -0.254. The van der Waals surface area contributed by atoms with E-state index in [2.05, 4.69) is 5.32 Å². The van der Waals surface area contributed by atoms with Crippen molar-refractivity contribution in [3.05, 3.63) is 28.8 Å². The zero-order valence-corrected chi connectivity index (χ0v) is 10.9. The van der Waals surface area contributed by atoms with Gasteiger partial charge >= 0.3 is 0 Å². The molecule has 5 nitrogen and oxygen atoms in total. The molecule has 18 heavy (non-hydrogen) atoms. The van der Waals surface area contributed by atoms with E-state index in [1.54, 1.807) is 18.2 Å². The van der Waals surface area contributed by atoms with Crippen molar-refractivity contribution in [3.8, 4) is 5.75 Å². The van der Waals surface area contributed by atoms with E-state index in [0.717, 1.165) is 0 Å². The summed E-state index contributed by atoms with van der Waals surface area (Å²) in [6.07, 6.45) is 0. The van der Waals surface area contributed by atoms with Gasteiger partial charge in [-0.3, -0.25) is 4.79 Å². The summed E-state index contributed by atoms with van der Waals surface area (Å²) in [6.45, 7) is 0.950. The molecular weight excluding hydrogens is 258 g/mol. The number of rotatable bonds is 7. The fourth-order valence-electron chi connectivity index (χ4n) is 1.35. The Labute approximate surface area is 111 Å². The minimum absolute atomic E-state index is 0.0288. The van der Waals surface area contributed by atoms with Gasteiger partial charge in [0.2, 0.25) is 0 Å². The molecule has 0 aliphatic carbocycles. The van der Waals surface area contributed by atoms with Crippen molar-refractivity contribution in [1.29, 1.82) is 0 Å². The number of carbonyl (C=O) groups is 1. The Morgan fingerprint density at radius 1 is 1.44 bits per heavy atom. The number of aliphatic hydroxyl groups excluding tert-OH is 1. The van der Waals surface area contributed by atoms with Crippen LogP contribution in [0.4, 0.5) is 0 Å². The van der Waals surface area contributed by atoms with Gasteiger partial charge in [-0.2, -0.15) is 0 Å². The average molecular weight is 274 g/mol. The molecule has 1 rings (SSSR count). The first kappa shape index (κ1) is 14.8. The molecule has 1 aromatic rings. The Kier molecular flexibility index (Phi) is 6.49. The number of hydrogen-bond acceptors (Lipinski definition) is 4. The molecule has 0 aromatic heterocycles. The van der Waals surface area contributed by atoms with Crippen LogP contribution >= 0.6 is 11.6 Å². The number of aliphatic hydroxyl groups is 1. The van der Waals surface area contributed by atoms with Gasteiger partial charge in [0.05, 0.1) is 32.5 Å². The zero-order valence-electron chi connectivity index (χ0n) is 10.1. The summed E-state index contributed by atoms with van der Waals surface area (Å²) in [5.74, 6) is 0.174. The van der Waals surface area contributed by atoms with Gasteiger partial charge in [0, 0.05) is 11.6 Å². The maximum absolute atomic E-state index is 11.8. The average Bonchev–Trinajstić information content (AvgIpc) is 2.38. The molecule has 0 radical (unpaired) electrons. The second-order valence-corrected chi connectivity index (χ2v) is 3.87. The summed E-state index contributed by atoms with van der Waals surface area (Å²) in [4.78, 5) is 11.8. The molecule has 0 heterocycles. The van der Waals surface area contributed by atoms with Crippen LogP contribution in [0.25, 0.3) is 0 Å². The Balaban J connectivity index is 2.51. The van der Waals surface area contributed by atoms with Crippen molar-refractivity contribution in [2.45, 2.75) is 0 Å². The fourth-order valence-corrected chi connectivity index (χ4v) is 1.51. The predicted molar refractivity (Wildman–Crippen MR) is 68.2 cm³/mol. The van der Waals surface area contributed by atoms with E-state index in [9.17, 15) is 4.79 Å². The maximum atomic E-state index is 11.8.